The minimum atomic E-state index is 0.185. The Kier molecular flexibility index (Phi) is 1.26. The first-order valence-electron chi connectivity index (χ1n) is 3.87. The highest BCUT2D eigenvalue weighted by atomic mass is 35.5. The van der Waals surface area contributed by atoms with Crippen LogP contribution in [0, 0.1) is 23.2 Å². The van der Waals surface area contributed by atoms with Crippen molar-refractivity contribution in [3.05, 3.63) is 0 Å². The molecule has 0 amide bonds. The summed E-state index contributed by atoms with van der Waals surface area (Å²) in [6, 6.07) is 0. The average molecular weight is 155 g/mol. The van der Waals surface area contributed by atoms with Gasteiger partial charge in [-0.1, -0.05) is 11.8 Å². The minimum Gasteiger partial charge on any atom is -0.121 e. The number of hydrogen-bond acceptors (Lipinski definition) is 0. The Morgan fingerprint density at radius 2 is 2.10 bits per heavy atom. The lowest BCUT2D eigenvalue weighted by atomic mass is 10.1. The maximum atomic E-state index is 5.89. The predicted octanol–water partition coefficient (Wildman–Crippen LogP) is 2.42. The van der Waals surface area contributed by atoms with Crippen LogP contribution in [0.5, 0.6) is 0 Å². The Hall–Kier alpha value is -0.150. The molecule has 0 radical (unpaired) electrons. The predicted molar refractivity (Wildman–Crippen MR) is 42.9 cm³/mol. The largest absolute Gasteiger partial charge is 0.121 e. The van der Waals surface area contributed by atoms with Gasteiger partial charge in [0.25, 0.3) is 0 Å². The third-order valence-electron chi connectivity index (χ3n) is 2.27. The van der Waals surface area contributed by atoms with Gasteiger partial charge in [-0.25, -0.2) is 0 Å². The van der Waals surface area contributed by atoms with E-state index in [-0.39, 0.29) is 5.41 Å². The molecule has 0 heterocycles. The van der Waals surface area contributed by atoms with Crippen LogP contribution in [0.1, 0.15) is 26.2 Å². The Bertz CT molecular complexity index is 207. The van der Waals surface area contributed by atoms with Crippen molar-refractivity contribution in [1.82, 2.24) is 0 Å². The third kappa shape index (κ3) is 1.16. The molecule has 2 unspecified atom stereocenters. The summed E-state index contributed by atoms with van der Waals surface area (Å²) in [5, 5.41) is 0.332. The molecule has 2 saturated carbocycles. The summed E-state index contributed by atoms with van der Waals surface area (Å²) in [5.74, 6) is 7.24. The van der Waals surface area contributed by atoms with Gasteiger partial charge in [0.05, 0.1) is 5.38 Å². The molecule has 0 aromatic heterocycles. The molecular formula is C9H11Cl. The summed E-state index contributed by atoms with van der Waals surface area (Å²) < 4.78 is 0. The number of rotatable bonds is 0. The molecule has 2 fully saturated rings. The molecule has 0 N–H and O–H groups in total. The summed E-state index contributed by atoms with van der Waals surface area (Å²) in [7, 11) is 0. The fraction of sp³-hybridized carbons (Fsp3) is 0.778. The molecule has 2 aliphatic rings. The molecule has 0 saturated heterocycles. The molecule has 2 atom stereocenters. The van der Waals surface area contributed by atoms with Crippen molar-refractivity contribution in [2.75, 3.05) is 0 Å². The number of hydrogen-bond donors (Lipinski definition) is 0. The highest BCUT2D eigenvalue weighted by Gasteiger charge is 2.47. The van der Waals surface area contributed by atoms with Gasteiger partial charge in [0.15, 0.2) is 0 Å². The van der Waals surface area contributed by atoms with E-state index >= 15 is 0 Å². The van der Waals surface area contributed by atoms with Crippen LogP contribution in [0.15, 0.2) is 0 Å². The number of halogens is 1. The molecule has 0 aromatic carbocycles. The lowest BCUT2D eigenvalue weighted by Gasteiger charge is -1.92. The fourth-order valence-corrected chi connectivity index (χ4v) is 1.31. The van der Waals surface area contributed by atoms with Crippen LogP contribution in [-0.4, -0.2) is 5.38 Å². The summed E-state index contributed by atoms with van der Waals surface area (Å²) in [6.07, 6.45) is 3.72. The third-order valence-corrected chi connectivity index (χ3v) is 2.91. The fourth-order valence-electron chi connectivity index (χ4n) is 0.937. The van der Waals surface area contributed by atoms with Crippen LogP contribution in [0.25, 0.3) is 0 Å². The Balaban J connectivity index is 1.96. The van der Waals surface area contributed by atoms with Gasteiger partial charge in [-0.05, 0) is 26.2 Å². The van der Waals surface area contributed by atoms with E-state index < -0.39 is 0 Å². The molecule has 0 nitrogen and oxygen atoms in total. The first kappa shape index (κ1) is 6.55. The second kappa shape index (κ2) is 1.92. The lowest BCUT2D eigenvalue weighted by Crippen LogP contribution is -1.91. The lowest BCUT2D eigenvalue weighted by molar-refractivity contribution is 0.782. The van der Waals surface area contributed by atoms with Crippen LogP contribution in [0.3, 0.4) is 0 Å². The molecule has 0 bridgehead atoms. The maximum Gasteiger partial charge on any atom is 0.0514 e. The molecule has 0 spiro atoms. The molecular weight excluding hydrogens is 144 g/mol. The molecule has 10 heavy (non-hydrogen) atoms. The van der Waals surface area contributed by atoms with E-state index in [1.807, 2.05) is 0 Å². The van der Waals surface area contributed by atoms with E-state index in [0.29, 0.717) is 5.38 Å². The van der Waals surface area contributed by atoms with E-state index in [1.54, 1.807) is 0 Å². The Labute approximate surface area is 66.9 Å². The van der Waals surface area contributed by atoms with E-state index in [2.05, 4.69) is 18.8 Å². The summed E-state index contributed by atoms with van der Waals surface area (Å²) in [6.45, 7) is 2.15. The SMILES string of the molecule is CC1(C#CC2CC2)CC1Cl. The standard InChI is InChI=1S/C9H11Cl/c1-9(6-8(9)10)5-4-7-2-3-7/h7-8H,2-3,6H2,1H3. The van der Waals surface area contributed by atoms with Gasteiger partial charge in [0.1, 0.15) is 0 Å². The zero-order chi connectivity index (χ0) is 7.19. The summed E-state index contributed by atoms with van der Waals surface area (Å²) >= 11 is 5.89. The van der Waals surface area contributed by atoms with Crippen LogP contribution >= 0.6 is 11.6 Å². The second-order valence-electron chi connectivity index (χ2n) is 3.63. The van der Waals surface area contributed by atoms with Crippen molar-refractivity contribution in [2.45, 2.75) is 31.6 Å². The van der Waals surface area contributed by atoms with Crippen molar-refractivity contribution >= 4 is 11.6 Å². The van der Waals surface area contributed by atoms with Gasteiger partial charge < -0.3 is 0 Å². The van der Waals surface area contributed by atoms with E-state index in [9.17, 15) is 0 Å². The van der Waals surface area contributed by atoms with Crippen LogP contribution in [-0.2, 0) is 0 Å². The van der Waals surface area contributed by atoms with Gasteiger partial charge in [0, 0.05) is 11.3 Å². The number of alkyl halides is 1. The van der Waals surface area contributed by atoms with E-state index in [4.69, 9.17) is 11.6 Å². The quantitative estimate of drug-likeness (QED) is 0.371. The minimum absolute atomic E-state index is 0.185. The monoisotopic (exact) mass is 154 g/mol. The van der Waals surface area contributed by atoms with Crippen molar-refractivity contribution < 1.29 is 0 Å². The van der Waals surface area contributed by atoms with Crippen LogP contribution in [0.2, 0.25) is 0 Å². The molecule has 0 aliphatic heterocycles. The van der Waals surface area contributed by atoms with Crippen molar-refractivity contribution in [3.8, 4) is 11.8 Å². The van der Waals surface area contributed by atoms with E-state index in [0.717, 1.165) is 12.3 Å². The first-order chi connectivity index (χ1) is 4.71. The normalized spacial score (nSPS) is 44.0. The highest BCUT2D eigenvalue weighted by molar-refractivity contribution is 6.23. The first-order valence-corrected chi connectivity index (χ1v) is 4.31. The molecule has 1 heteroatoms. The van der Waals surface area contributed by atoms with Crippen LogP contribution in [0.4, 0.5) is 0 Å². The van der Waals surface area contributed by atoms with Crippen molar-refractivity contribution in [3.63, 3.8) is 0 Å². The Morgan fingerprint density at radius 3 is 2.50 bits per heavy atom. The summed E-state index contributed by atoms with van der Waals surface area (Å²) in [5.41, 5.74) is 0.185. The zero-order valence-corrected chi connectivity index (χ0v) is 6.91. The summed E-state index contributed by atoms with van der Waals surface area (Å²) in [4.78, 5) is 0. The zero-order valence-electron chi connectivity index (χ0n) is 6.15. The van der Waals surface area contributed by atoms with Gasteiger partial charge in [0.2, 0.25) is 0 Å². The van der Waals surface area contributed by atoms with Crippen LogP contribution < -0.4 is 0 Å². The van der Waals surface area contributed by atoms with Gasteiger partial charge >= 0.3 is 0 Å². The average Bonchev–Trinajstić information content (AvgIpc) is 2.70. The van der Waals surface area contributed by atoms with E-state index in [1.165, 1.54) is 12.8 Å². The highest BCUT2D eigenvalue weighted by Crippen LogP contribution is 2.49. The van der Waals surface area contributed by atoms with Gasteiger partial charge in [-0.2, -0.15) is 0 Å². The maximum absolute atomic E-state index is 5.89. The molecule has 2 rings (SSSR count). The second-order valence-corrected chi connectivity index (χ2v) is 4.16. The molecule has 54 valence electrons. The Morgan fingerprint density at radius 1 is 1.50 bits per heavy atom. The van der Waals surface area contributed by atoms with Crippen molar-refractivity contribution in [1.29, 1.82) is 0 Å². The topological polar surface area (TPSA) is 0 Å². The van der Waals surface area contributed by atoms with Gasteiger partial charge in [-0.15, -0.1) is 11.6 Å². The van der Waals surface area contributed by atoms with Crippen molar-refractivity contribution in [2.24, 2.45) is 11.3 Å². The molecule has 2 aliphatic carbocycles. The molecule has 0 aromatic rings. The van der Waals surface area contributed by atoms with Gasteiger partial charge in [-0.3, -0.25) is 0 Å². The smallest absolute Gasteiger partial charge is 0.0514 e.